The zero-order chi connectivity index (χ0) is 11.3. The molecule has 0 saturated carbocycles. The summed E-state index contributed by atoms with van der Waals surface area (Å²) in [5.74, 6) is -0.361. The maximum atomic E-state index is 10.5. The molecular formula is C12H12N2O. The highest BCUT2D eigenvalue weighted by Crippen LogP contribution is 2.12. The maximum Gasteiger partial charge on any atom is 0.221 e. The largest absolute Gasteiger partial charge is 0.369 e. The van der Waals surface area contributed by atoms with Gasteiger partial charge in [-0.25, -0.2) is 0 Å². The second-order valence-corrected chi connectivity index (χ2v) is 3.26. The molecule has 1 aromatic rings. The molecule has 15 heavy (non-hydrogen) atoms. The van der Waals surface area contributed by atoms with Crippen molar-refractivity contribution in [1.29, 1.82) is 5.26 Å². The minimum absolute atomic E-state index is 0.218. The highest BCUT2D eigenvalue weighted by molar-refractivity contribution is 5.76. The summed E-state index contributed by atoms with van der Waals surface area (Å²) in [5.41, 5.74) is 7.62. The lowest BCUT2D eigenvalue weighted by Crippen LogP contribution is -2.07. The van der Waals surface area contributed by atoms with Crippen LogP contribution in [-0.2, 0) is 4.79 Å². The maximum absolute atomic E-state index is 10.5. The fourth-order valence-corrected chi connectivity index (χ4v) is 1.19. The van der Waals surface area contributed by atoms with Crippen molar-refractivity contribution in [2.75, 3.05) is 0 Å². The molecule has 3 nitrogen and oxygen atoms in total. The molecule has 1 aromatic carbocycles. The number of benzene rings is 1. The fraction of sp³-hybridized carbons (Fsp3) is 0.167. The molecule has 0 saturated heterocycles. The number of aryl methyl sites for hydroxylation is 1. The number of hydrogen-bond acceptors (Lipinski definition) is 2. The third-order valence-corrected chi connectivity index (χ3v) is 2.02. The van der Waals surface area contributed by atoms with Crippen LogP contribution < -0.4 is 5.73 Å². The van der Waals surface area contributed by atoms with E-state index in [0.717, 1.165) is 11.1 Å². The van der Waals surface area contributed by atoms with Crippen molar-refractivity contribution in [3.63, 3.8) is 0 Å². The number of nitrogens with two attached hydrogens (primary N) is 1. The Morgan fingerprint density at radius 2 is 2.33 bits per heavy atom. The van der Waals surface area contributed by atoms with Crippen LogP contribution in [0, 0.1) is 18.3 Å². The van der Waals surface area contributed by atoms with Gasteiger partial charge in [0.25, 0.3) is 0 Å². The predicted molar refractivity (Wildman–Crippen MR) is 58.7 cm³/mol. The van der Waals surface area contributed by atoms with Crippen LogP contribution in [0.25, 0.3) is 6.08 Å². The summed E-state index contributed by atoms with van der Waals surface area (Å²) in [4.78, 5) is 10.5. The van der Waals surface area contributed by atoms with E-state index in [9.17, 15) is 4.79 Å². The lowest BCUT2D eigenvalue weighted by atomic mass is 10.0. The molecule has 2 N–H and O–H groups in total. The standard InChI is InChI=1S/C12H12N2O/c1-9-5-6-10(8-13)7-11(9)3-2-4-12(14)15/h2-3,5-7H,4H2,1H3,(H2,14,15). The van der Waals surface area contributed by atoms with E-state index in [4.69, 9.17) is 11.0 Å². The molecule has 76 valence electrons. The first kappa shape index (κ1) is 11.0. The highest BCUT2D eigenvalue weighted by atomic mass is 16.1. The van der Waals surface area contributed by atoms with E-state index in [1.807, 2.05) is 13.0 Å². The van der Waals surface area contributed by atoms with E-state index in [-0.39, 0.29) is 12.3 Å². The van der Waals surface area contributed by atoms with Crippen LogP contribution in [0.1, 0.15) is 23.1 Å². The number of nitriles is 1. The summed E-state index contributed by atoms with van der Waals surface area (Å²) in [5, 5.41) is 8.72. The summed E-state index contributed by atoms with van der Waals surface area (Å²) in [6, 6.07) is 7.49. The van der Waals surface area contributed by atoms with Gasteiger partial charge in [0, 0.05) is 6.42 Å². The highest BCUT2D eigenvalue weighted by Gasteiger charge is 1.96. The summed E-state index contributed by atoms with van der Waals surface area (Å²) in [7, 11) is 0. The van der Waals surface area contributed by atoms with Gasteiger partial charge in [0.15, 0.2) is 0 Å². The molecule has 0 heterocycles. The predicted octanol–water partition coefficient (Wildman–Crippen LogP) is 1.76. The van der Waals surface area contributed by atoms with Gasteiger partial charge in [0.05, 0.1) is 11.6 Å². The number of rotatable bonds is 3. The van der Waals surface area contributed by atoms with Crippen molar-refractivity contribution in [2.24, 2.45) is 5.73 Å². The molecule has 0 aliphatic carbocycles. The molecule has 0 fully saturated rings. The number of hydrogen-bond donors (Lipinski definition) is 1. The molecule has 1 rings (SSSR count). The molecule has 3 heteroatoms. The molecule has 0 aromatic heterocycles. The van der Waals surface area contributed by atoms with E-state index in [1.165, 1.54) is 0 Å². The van der Waals surface area contributed by atoms with Crippen molar-refractivity contribution < 1.29 is 4.79 Å². The smallest absolute Gasteiger partial charge is 0.221 e. The van der Waals surface area contributed by atoms with Gasteiger partial charge in [-0.2, -0.15) is 5.26 Å². The van der Waals surface area contributed by atoms with Crippen LogP contribution in [0.4, 0.5) is 0 Å². The number of nitrogens with zero attached hydrogens (tertiary/aromatic N) is 1. The molecule has 0 atom stereocenters. The number of carbonyl (C=O) groups excluding carboxylic acids is 1. The first-order valence-corrected chi connectivity index (χ1v) is 4.59. The van der Waals surface area contributed by atoms with Gasteiger partial charge in [0.2, 0.25) is 5.91 Å². The average Bonchev–Trinajstić information content (AvgIpc) is 2.20. The lowest BCUT2D eigenvalue weighted by Gasteiger charge is -1.99. The molecular weight excluding hydrogens is 188 g/mol. The van der Waals surface area contributed by atoms with Crippen LogP contribution >= 0.6 is 0 Å². The number of primary amides is 1. The van der Waals surface area contributed by atoms with Crippen LogP contribution in [0.15, 0.2) is 24.3 Å². The van der Waals surface area contributed by atoms with Crippen molar-refractivity contribution >= 4 is 12.0 Å². The quantitative estimate of drug-likeness (QED) is 0.807. The summed E-state index contributed by atoms with van der Waals surface area (Å²) in [6.07, 6.45) is 3.73. The third-order valence-electron chi connectivity index (χ3n) is 2.02. The monoisotopic (exact) mass is 200 g/mol. The Hall–Kier alpha value is -2.08. The molecule has 0 radical (unpaired) electrons. The lowest BCUT2D eigenvalue weighted by molar-refractivity contribution is -0.117. The average molecular weight is 200 g/mol. The van der Waals surface area contributed by atoms with Crippen molar-refractivity contribution in [3.8, 4) is 6.07 Å². The van der Waals surface area contributed by atoms with E-state index in [0.29, 0.717) is 5.56 Å². The Morgan fingerprint density at radius 3 is 2.93 bits per heavy atom. The first-order chi connectivity index (χ1) is 7.13. The normalized spacial score (nSPS) is 10.1. The SMILES string of the molecule is Cc1ccc(C#N)cc1C=CCC(N)=O. The second kappa shape index (κ2) is 4.97. The molecule has 0 unspecified atom stereocenters. The molecule has 1 amide bonds. The Bertz CT molecular complexity index is 441. The van der Waals surface area contributed by atoms with E-state index >= 15 is 0 Å². The van der Waals surface area contributed by atoms with E-state index in [2.05, 4.69) is 6.07 Å². The van der Waals surface area contributed by atoms with Gasteiger partial charge in [-0.05, 0) is 30.2 Å². The van der Waals surface area contributed by atoms with Gasteiger partial charge in [-0.3, -0.25) is 4.79 Å². The number of amides is 1. The minimum Gasteiger partial charge on any atom is -0.369 e. The Morgan fingerprint density at radius 1 is 1.60 bits per heavy atom. The summed E-state index contributed by atoms with van der Waals surface area (Å²) >= 11 is 0. The zero-order valence-electron chi connectivity index (χ0n) is 8.53. The third kappa shape index (κ3) is 3.28. The Labute approximate surface area is 88.8 Å². The Balaban J connectivity index is 2.89. The van der Waals surface area contributed by atoms with Gasteiger partial charge in [0.1, 0.15) is 0 Å². The molecule has 0 spiro atoms. The van der Waals surface area contributed by atoms with E-state index < -0.39 is 0 Å². The topological polar surface area (TPSA) is 66.9 Å². The zero-order valence-corrected chi connectivity index (χ0v) is 8.53. The first-order valence-electron chi connectivity index (χ1n) is 4.59. The summed E-state index contributed by atoms with van der Waals surface area (Å²) in [6.45, 7) is 1.95. The second-order valence-electron chi connectivity index (χ2n) is 3.26. The van der Waals surface area contributed by atoms with Crippen molar-refractivity contribution in [1.82, 2.24) is 0 Å². The van der Waals surface area contributed by atoms with Gasteiger partial charge >= 0.3 is 0 Å². The van der Waals surface area contributed by atoms with Gasteiger partial charge in [-0.1, -0.05) is 18.2 Å². The molecule has 0 aliphatic rings. The molecule has 0 bridgehead atoms. The minimum atomic E-state index is -0.361. The van der Waals surface area contributed by atoms with Crippen LogP contribution in [-0.4, -0.2) is 5.91 Å². The van der Waals surface area contributed by atoms with Gasteiger partial charge < -0.3 is 5.73 Å². The Kier molecular flexibility index (Phi) is 3.64. The summed E-state index contributed by atoms with van der Waals surface area (Å²) < 4.78 is 0. The van der Waals surface area contributed by atoms with E-state index in [1.54, 1.807) is 24.3 Å². The van der Waals surface area contributed by atoms with Crippen molar-refractivity contribution in [2.45, 2.75) is 13.3 Å². The van der Waals surface area contributed by atoms with Gasteiger partial charge in [-0.15, -0.1) is 0 Å². The number of carbonyl (C=O) groups is 1. The van der Waals surface area contributed by atoms with Crippen LogP contribution in [0.2, 0.25) is 0 Å². The van der Waals surface area contributed by atoms with Crippen LogP contribution in [0.5, 0.6) is 0 Å². The van der Waals surface area contributed by atoms with Crippen LogP contribution in [0.3, 0.4) is 0 Å². The molecule has 0 aliphatic heterocycles. The van der Waals surface area contributed by atoms with Crippen molar-refractivity contribution in [3.05, 3.63) is 41.0 Å². The fourth-order valence-electron chi connectivity index (χ4n) is 1.19.